The van der Waals surface area contributed by atoms with E-state index in [0.29, 0.717) is 17.6 Å². The molecule has 6 nitrogen and oxygen atoms in total. The molecule has 0 aliphatic heterocycles. The molecule has 0 radical (unpaired) electrons. The van der Waals surface area contributed by atoms with Gasteiger partial charge < -0.3 is 10.0 Å². The summed E-state index contributed by atoms with van der Waals surface area (Å²) in [6, 6.07) is 1.69. The van der Waals surface area contributed by atoms with Crippen molar-refractivity contribution in [1.29, 1.82) is 0 Å². The minimum absolute atomic E-state index is 0.275. The molecule has 1 fully saturated rings. The van der Waals surface area contributed by atoms with E-state index < -0.39 is 6.10 Å². The number of hydrogen-bond donors (Lipinski definition) is 2. The van der Waals surface area contributed by atoms with Crippen molar-refractivity contribution in [2.24, 2.45) is 5.92 Å². The molecule has 1 aliphatic carbocycles. The van der Waals surface area contributed by atoms with Gasteiger partial charge >= 0.3 is 6.03 Å². The molecule has 1 aliphatic rings. The number of amides is 2. The Morgan fingerprint density at radius 3 is 3.05 bits per heavy atom. The van der Waals surface area contributed by atoms with Crippen molar-refractivity contribution < 1.29 is 9.90 Å². The predicted molar refractivity (Wildman–Crippen MR) is 83.6 cm³/mol. The van der Waals surface area contributed by atoms with Gasteiger partial charge in [-0.1, -0.05) is 11.3 Å². The molecule has 2 N–H and O–H groups in total. The predicted octanol–water partition coefficient (Wildman–Crippen LogP) is 2.50. The minimum atomic E-state index is -0.434. The lowest BCUT2D eigenvalue weighted by atomic mass is 10.2. The molecule has 1 unspecified atom stereocenters. The molecule has 1 atom stereocenters. The number of rotatable bonds is 5. The van der Waals surface area contributed by atoms with Gasteiger partial charge in [-0.3, -0.25) is 5.32 Å². The summed E-state index contributed by atoms with van der Waals surface area (Å²) in [5, 5.41) is 25.8. The van der Waals surface area contributed by atoms with Crippen LogP contribution in [-0.4, -0.2) is 45.9 Å². The molecule has 0 bridgehead atoms. The van der Waals surface area contributed by atoms with E-state index in [0.717, 1.165) is 23.4 Å². The number of nitrogens with one attached hydrogen (secondary N) is 1. The molecule has 3 rings (SSSR count). The average Bonchev–Trinajstić information content (AvgIpc) is 2.98. The van der Waals surface area contributed by atoms with E-state index in [1.165, 1.54) is 16.2 Å². The number of nitrogens with zero attached hydrogens (tertiary/aromatic N) is 3. The van der Waals surface area contributed by atoms with E-state index >= 15 is 0 Å². The Hall–Kier alpha value is -1.51. The van der Waals surface area contributed by atoms with Crippen molar-refractivity contribution >= 4 is 33.8 Å². The van der Waals surface area contributed by atoms with Crippen molar-refractivity contribution in [3.63, 3.8) is 0 Å². The first-order valence-corrected chi connectivity index (χ1v) is 8.45. The standard InChI is InChI=1S/C13H16N4O2S2/c1-17(6-10(18)8-2-3-8)13(19)14-12-16-15-11(21-12)9-4-5-20-7-9/h4-5,7-8,10,18H,2-3,6H2,1H3,(H,14,16,19). The fraction of sp³-hybridized carbons (Fsp3) is 0.462. The number of carbonyl (C=O) groups excluding carboxylic acids is 1. The zero-order valence-corrected chi connectivity index (χ0v) is 13.2. The third-order valence-electron chi connectivity index (χ3n) is 3.38. The lowest BCUT2D eigenvalue weighted by Gasteiger charge is -2.20. The summed E-state index contributed by atoms with van der Waals surface area (Å²) in [7, 11) is 1.67. The highest BCUT2D eigenvalue weighted by molar-refractivity contribution is 7.19. The maximum Gasteiger partial charge on any atom is 0.323 e. The average molecular weight is 324 g/mol. The molecule has 112 valence electrons. The Kier molecular flexibility index (Phi) is 4.18. The SMILES string of the molecule is CN(CC(O)C1CC1)C(=O)Nc1nnc(-c2ccsc2)s1. The molecule has 0 spiro atoms. The maximum absolute atomic E-state index is 12.0. The molecule has 2 aromatic heterocycles. The van der Waals surface area contributed by atoms with E-state index in [-0.39, 0.29) is 6.03 Å². The molecule has 2 aromatic rings. The van der Waals surface area contributed by atoms with Crippen LogP contribution in [0, 0.1) is 5.92 Å². The van der Waals surface area contributed by atoms with Gasteiger partial charge in [-0.2, -0.15) is 11.3 Å². The Balaban J connectivity index is 1.56. The summed E-state index contributed by atoms with van der Waals surface area (Å²) < 4.78 is 0. The van der Waals surface area contributed by atoms with Crippen LogP contribution in [0.25, 0.3) is 10.6 Å². The van der Waals surface area contributed by atoms with Gasteiger partial charge in [0.1, 0.15) is 5.01 Å². The smallest absolute Gasteiger partial charge is 0.323 e. The Morgan fingerprint density at radius 1 is 1.57 bits per heavy atom. The molecular formula is C13H16N4O2S2. The number of carbonyl (C=O) groups is 1. The molecule has 2 heterocycles. The van der Waals surface area contributed by atoms with Gasteiger partial charge in [0.15, 0.2) is 0 Å². The molecule has 1 saturated carbocycles. The number of likely N-dealkylation sites (N-methyl/N-ethyl adjacent to an activating group) is 1. The highest BCUT2D eigenvalue weighted by Crippen LogP contribution is 2.33. The Labute approximate surface area is 130 Å². The summed E-state index contributed by atoms with van der Waals surface area (Å²) in [5.74, 6) is 0.354. The zero-order valence-electron chi connectivity index (χ0n) is 11.5. The largest absolute Gasteiger partial charge is 0.391 e. The van der Waals surface area contributed by atoms with Crippen LogP contribution in [0.4, 0.5) is 9.93 Å². The second-order valence-corrected chi connectivity index (χ2v) is 6.90. The normalized spacial score (nSPS) is 15.7. The minimum Gasteiger partial charge on any atom is -0.391 e. The van der Waals surface area contributed by atoms with Crippen molar-refractivity contribution in [2.75, 3.05) is 18.9 Å². The van der Waals surface area contributed by atoms with Crippen LogP contribution < -0.4 is 5.32 Å². The maximum atomic E-state index is 12.0. The second-order valence-electron chi connectivity index (χ2n) is 5.14. The van der Waals surface area contributed by atoms with Crippen molar-refractivity contribution in [3.05, 3.63) is 16.8 Å². The van der Waals surface area contributed by atoms with Crippen molar-refractivity contribution in [2.45, 2.75) is 18.9 Å². The molecular weight excluding hydrogens is 308 g/mol. The summed E-state index contributed by atoms with van der Waals surface area (Å²) in [4.78, 5) is 13.5. The Morgan fingerprint density at radius 2 is 2.38 bits per heavy atom. The molecule has 0 saturated heterocycles. The number of thiophene rings is 1. The van der Waals surface area contributed by atoms with Crippen LogP contribution in [-0.2, 0) is 0 Å². The van der Waals surface area contributed by atoms with Gasteiger partial charge in [-0.05, 0) is 30.2 Å². The summed E-state index contributed by atoms with van der Waals surface area (Å²) in [6.45, 7) is 0.340. The van der Waals surface area contributed by atoms with E-state index in [2.05, 4.69) is 15.5 Å². The number of aliphatic hydroxyl groups excluding tert-OH is 1. The quantitative estimate of drug-likeness (QED) is 0.886. The van der Waals surface area contributed by atoms with Crippen molar-refractivity contribution in [3.8, 4) is 10.6 Å². The van der Waals surface area contributed by atoms with Crippen LogP contribution in [0.2, 0.25) is 0 Å². The van der Waals surface area contributed by atoms with E-state index in [9.17, 15) is 9.90 Å². The van der Waals surface area contributed by atoms with Gasteiger partial charge in [-0.25, -0.2) is 4.79 Å². The van der Waals surface area contributed by atoms with Crippen LogP contribution in [0.1, 0.15) is 12.8 Å². The first kappa shape index (κ1) is 14.4. The summed E-state index contributed by atoms with van der Waals surface area (Å²) >= 11 is 2.93. The number of anilines is 1. The lowest BCUT2D eigenvalue weighted by Crippen LogP contribution is -2.37. The van der Waals surface area contributed by atoms with Crippen LogP contribution in [0.15, 0.2) is 16.8 Å². The summed E-state index contributed by atoms with van der Waals surface area (Å²) in [5.41, 5.74) is 1.01. The van der Waals surface area contributed by atoms with Crippen molar-refractivity contribution in [1.82, 2.24) is 15.1 Å². The topological polar surface area (TPSA) is 78.4 Å². The molecule has 2 amide bonds. The molecule has 0 aromatic carbocycles. The van der Waals surface area contributed by atoms with Gasteiger partial charge in [0, 0.05) is 24.5 Å². The molecule has 21 heavy (non-hydrogen) atoms. The number of aliphatic hydroxyl groups is 1. The monoisotopic (exact) mass is 324 g/mol. The highest BCUT2D eigenvalue weighted by atomic mass is 32.1. The third-order valence-corrected chi connectivity index (χ3v) is 4.95. The number of hydrogen-bond acceptors (Lipinski definition) is 6. The van der Waals surface area contributed by atoms with Gasteiger partial charge in [0.05, 0.1) is 6.10 Å². The van der Waals surface area contributed by atoms with Crippen LogP contribution >= 0.6 is 22.7 Å². The summed E-state index contributed by atoms with van der Waals surface area (Å²) in [6.07, 6.45) is 1.67. The first-order chi connectivity index (χ1) is 10.1. The number of aromatic nitrogens is 2. The number of urea groups is 1. The first-order valence-electron chi connectivity index (χ1n) is 6.69. The zero-order chi connectivity index (χ0) is 14.8. The van der Waals surface area contributed by atoms with Crippen LogP contribution in [0.5, 0.6) is 0 Å². The van der Waals surface area contributed by atoms with Gasteiger partial charge in [-0.15, -0.1) is 10.2 Å². The fourth-order valence-corrected chi connectivity index (χ4v) is 3.40. The van der Waals surface area contributed by atoms with Crippen LogP contribution in [0.3, 0.4) is 0 Å². The third kappa shape index (κ3) is 3.58. The van der Waals surface area contributed by atoms with E-state index in [4.69, 9.17) is 0 Å². The highest BCUT2D eigenvalue weighted by Gasteiger charge is 2.31. The van der Waals surface area contributed by atoms with Gasteiger partial charge in [0.25, 0.3) is 0 Å². The second kappa shape index (κ2) is 6.08. The fourth-order valence-electron chi connectivity index (χ4n) is 1.96. The Bertz CT molecular complexity index is 609. The lowest BCUT2D eigenvalue weighted by molar-refractivity contribution is 0.117. The van der Waals surface area contributed by atoms with Gasteiger partial charge in [0.2, 0.25) is 5.13 Å². The van der Waals surface area contributed by atoms with E-state index in [1.54, 1.807) is 18.4 Å². The van der Waals surface area contributed by atoms with E-state index in [1.807, 2.05) is 16.8 Å². The molecule has 8 heteroatoms.